The van der Waals surface area contributed by atoms with Crippen molar-refractivity contribution in [3.8, 4) is 11.4 Å². The maximum absolute atomic E-state index is 12.4. The second-order valence-electron chi connectivity index (χ2n) is 6.55. The highest BCUT2D eigenvalue weighted by molar-refractivity contribution is 5.95. The zero-order valence-corrected chi connectivity index (χ0v) is 15.4. The third-order valence-corrected chi connectivity index (χ3v) is 4.81. The first-order valence-corrected chi connectivity index (χ1v) is 8.69. The van der Waals surface area contributed by atoms with E-state index in [9.17, 15) is 4.79 Å². The molecule has 27 heavy (non-hydrogen) atoms. The summed E-state index contributed by atoms with van der Waals surface area (Å²) in [5.74, 6) is -0.172. The molecule has 0 unspecified atom stereocenters. The molecule has 0 bridgehead atoms. The van der Waals surface area contributed by atoms with Gasteiger partial charge in [-0.15, -0.1) is 0 Å². The van der Waals surface area contributed by atoms with E-state index in [-0.39, 0.29) is 5.91 Å². The second-order valence-corrected chi connectivity index (χ2v) is 6.55. The zero-order chi connectivity index (χ0) is 19.0. The standard InChI is InChI=1S/C20H20N6O/c1-12-15-8-14(9-22-20(27)16-10-21-11-23-13(16)2)4-5-17(15)25-19(12)18-6-7-24-26(18)3/h4-8,10-11,25H,9H2,1-3H3,(H,22,27). The Morgan fingerprint density at radius 2 is 2.11 bits per heavy atom. The molecule has 136 valence electrons. The van der Waals surface area contributed by atoms with E-state index in [4.69, 9.17) is 0 Å². The minimum absolute atomic E-state index is 0.172. The molecule has 7 nitrogen and oxygen atoms in total. The fraction of sp³-hybridized carbons (Fsp3) is 0.200. The van der Waals surface area contributed by atoms with Crippen LogP contribution in [-0.4, -0.2) is 30.6 Å². The quantitative estimate of drug-likeness (QED) is 0.586. The molecule has 0 fully saturated rings. The van der Waals surface area contributed by atoms with Crippen LogP contribution in [0.2, 0.25) is 0 Å². The van der Waals surface area contributed by atoms with Crippen molar-refractivity contribution < 1.29 is 4.79 Å². The molecule has 0 aliphatic rings. The van der Waals surface area contributed by atoms with Crippen molar-refractivity contribution in [1.29, 1.82) is 0 Å². The fourth-order valence-corrected chi connectivity index (χ4v) is 3.25. The molecule has 4 aromatic rings. The number of carbonyl (C=O) groups excluding carboxylic acids is 1. The number of H-pyrrole nitrogens is 1. The lowest BCUT2D eigenvalue weighted by Gasteiger charge is -2.07. The van der Waals surface area contributed by atoms with E-state index in [1.807, 2.05) is 29.9 Å². The summed E-state index contributed by atoms with van der Waals surface area (Å²) in [6, 6.07) is 8.15. The number of nitrogens with one attached hydrogen (secondary N) is 2. The van der Waals surface area contributed by atoms with Crippen LogP contribution in [0.3, 0.4) is 0 Å². The topological polar surface area (TPSA) is 88.5 Å². The molecule has 1 aromatic carbocycles. The van der Waals surface area contributed by atoms with E-state index in [1.165, 1.54) is 12.5 Å². The van der Waals surface area contributed by atoms with Gasteiger partial charge in [0, 0.05) is 36.9 Å². The largest absolute Gasteiger partial charge is 0.353 e. The number of nitrogens with zero attached hydrogens (tertiary/aromatic N) is 4. The Kier molecular flexibility index (Phi) is 4.19. The van der Waals surface area contributed by atoms with E-state index in [0.29, 0.717) is 17.8 Å². The third kappa shape index (κ3) is 3.08. The maximum atomic E-state index is 12.4. The number of aromatic amines is 1. The van der Waals surface area contributed by atoms with Crippen LogP contribution in [-0.2, 0) is 13.6 Å². The van der Waals surface area contributed by atoms with Crippen molar-refractivity contribution in [3.05, 3.63) is 65.4 Å². The number of rotatable bonds is 4. The maximum Gasteiger partial charge on any atom is 0.254 e. The van der Waals surface area contributed by atoms with E-state index in [0.717, 1.165) is 33.4 Å². The van der Waals surface area contributed by atoms with Crippen molar-refractivity contribution >= 4 is 16.8 Å². The zero-order valence-electron chi connectivity index (χ0n) is 15.4. The number of aromatic nitrogens is 5. The van der Waals surface area contributed by atoms with Crippen molar-refractivity contribution in [1.82, 2.24) is 30.0 Å². The number of hydrogen-bond donors (Lipinski definition) is 2. The van der Waals surface area contributed by atoms with Crippen LogP contribution in [0, 0.1) is 13.8 Å². The van der Waals surface area contributed by atoms with E-state index >= 15 is 0 Å². The van der Waals surface area contributed by atoms with Crippen molar-refractivity contribution in [2.45, 2.75) is 20.4 Å². The molecule has 3 aromatic heterocycles. The van der Waals surface area contributed by atoms with Gasteiger partial charge in [0.1, 0.15) is 6.33 Å². The summed E-state index contributed by atoms with van der Waals surface area (Å²) < 4.78 is 1.85. The summed E-state index contributed by atoms with van der Waals surface area (Å²) in [7, 11) is 1.93. The highest BCUT2D eigenvalue weighted by Crippen LogP contribution is 2.29. The molecule has 0 saturated heterocycles. The number of benzene rings is 1. The molecular formula is C20H20N6O. The molecule has 0 radical (unpaired) electrons. The van der Waals surface area contributed by atoms with Gasteiger partial charge in [-0.3, -0.25) is 9.48 Å². The summed E-state index contributed by atoms with van der Waals surface area (Å²) in [6.45, 7) is 4.33. The smallest absolute Gasteiger partial charge is 0.254 e. The molecule has 0 saturated carbocycles. The van der Waals surface area contributed by atoms with Crippen LogP contribution >= 0.6 is 0 Å². The predicted molar refractivity (Wildman–Crippen MR) is 103 cm³/mol. The Balaban J connectivity index is 1.59. The minimum atomic E-state index is -0.172. The molecular weight excluding hydrogens is 340 g/mol. The molecule has 1 amide bonds. The first-order chi connectivity index (χ1) is 13.0. The highest BCUT2D eigenvalue weighted by atomic mass is 16.1. The molecule has 4 rings (SSSR count). The average molecular weight is 360 g/mol. The normalized spacial score (nSPS) is 11.1. The van der Waals surface area contributed by atoms with Gasteiger partial charge in [-0.05, 0) is 43.2 Å². The van der Waals surface area contributed by atoms with Crippen molar-refractivity contribution in [3.63, 3.8) is 0 Å². The number of fused-ring (bicyclic) bond motifs is 1. The monoisotopic (exact) mass is 360 g/mol. The van der Waals surface area contributed by atoms with E-state index in [2.05, 4.69) is 38.4 Å². The van der Waals surface area contributed by atoms with Crippen LogP contribution in [0.15, 0.2) is 43.0 Å². The van der Waals surface area contributed by atoms with Crippen LogP contribution < -0.4 is 5.32 Å². The lowest BCUT2D eigenvalue weighted by Crippen LogP contribution is -2.24. The minimum Gasteiger partial charge on any atom is -0.353 e. The first-order valence-electron chi connectivity index (χ1n) is 8.69. The average Bonchev–Trinajstić information content (AvgIpc) is 3.23. The predicted octanol–water partition coefficient (Wildman–Crippen LogP) is 2.91. The van der Waals surface area contributed by atoms with Gasteiger partial charge in [0.15, 0.2) is 0 Å². The molecule has 0 spiro atoms. The Morgan fingerprint density at radius 1 is 1.26 bits per heavy atom. The summed E-state index contributed by atoms with van der Waals surface area (Å²) in [6.07, 6.45) is 4.77. The van der Waals surface area contributed by atoms with Crippen molar-refractivity contribution in [2.75, 3.05) is 0 Å². The third-order valence-electron chi connectivity index (χ3n) is 4.81. The Bertz CT molecular complexity index is 1140. The van der Waals surface area contributed by atoms with Crippen LogP contribution in [0.5, 0.6) is 0 Å². The van der Waals surface area contributed by atoms with Gasteiger partial charge in [-0.25, -0.2) is 9.97 Å². The second kappa shape index (κ2) is 6.68. The van der Waals surface area contributed by atoms with E-state index < -0.39 is 0 Å². The lowest BCUT2D eigenvalue weighted by atomic mass is 10.1. The van der Waals surface area contributed by atoms with Gasteiger partial charge in [-0.2, -0.15) is 5.10 Å². The Hall–Kier alpha value is -3.48. The van der Waals surface area contributed by atoms with Gasteiger partial charge in [0.2, 0.25) is 0 Å². The van der Waals surface area contributed by atoms with Crippen LogP contribution in [0.1, 0.15) is 27.2 Å². The van der Waals surface area contributed by atoms with Gasteiger partial charge >= 0.3 is 0 Å². The van der Waals surface area contributed by atoms with Gasteiger partial charge in [-0.1, -0.05) is 6.07 Å². The number of carbonyl (C=O) groups is 1. The first kappa shape index (κ1) is 17.0. The van der Waals surface area contributed by atoms with Crippen LogP contribution in [0.4, 0.5) is 0 Å². The van der Waals surface area contributed by atoms with Gasteiger partial charge in [0.25, 0.3) is 5.91 Å². The van der Waals surface area contributed by atoms with Crippen LogP contribution in [0.25, 0.3) is 22.3 Å². The molecule has 2 N–H and O–H groups in total. The number of amides is 1. The molecule has 0 atom stereocenters. The SMILES string of the molecule is Cc1ncncc1C(=O)NCc1ccc2[nH]c(-c3ccnn3C)c(C)c2c1. The fourth-order valence-electron chi connectivity index (χ4n) is 3.25. The lowest BCUT2D eigenvalue weighted by molar-refractivity contribution is 0.0949. The van der Waals surface area contributed by atoms with Gasteiger partial charge < -0.3 is 10.3 Å². The summed E-state index contributed by atoms with van der Waals surface area (Å²) in [5.41, 5.74) is 6.51. The Labute approximate surface area is 156 Å². The number of aryl methyl sites for hydroxylation is 3. The summed E-state index contributed by atoms with van der Waals surface area (Å²) in [4.78, 5) is 23.8. The highest BCUT2D eigenvalue weighted by Gasteiger charge is 2.13. The van der Waals surface area contributed by atoms with Crippen molar-refractivity contribution in [2.24, 2.45) is 7.05 Å². The van der Waals surface area contributed by atoms with Gasteiger partial charge in [0.05, 0.1) is 22.6 Å². The molecule has 3 heterocycles. The Morgan fingerprint density at radius 3 is 2.85 bits per heavy atom. The molecule has 7 heteroatoms. The van der Waals surface area contributed by atoms with E-state index in [1.54, 1.807) is 13.1 Å². The molecule has 0 aliphatic heterocycles. The summed E-state index contributed by atoms with van der Waals surface area (Å²) >= 11 is 0. The molecule has 0 aliphatic carbocycles. The number of hydrogen-bond acceptors (Lipinski definition) is 4. The summed E-state index contributed by atoms with van der Waals surface area (Å²) in [5, 5.41) is 8.32.